The van der Waals surface area contributed by atoms with Crippen LogP contribution in [0.15, 0.2) is 0 Å². The Balaban J connectivity index is 1.96. The van der Waals surface area contributed by atoms with Gasteiger partial charge in [-0.15, -0.1) is 0 Å². The second-order valence-corrected chi connectivity index (χ2v) is 4.86. The summed E-state index contributed by atoms with van der Waals surface area (Å²) in [4.78, 5) is 0. The van der Waals surface area contributed by atoms with E-state index in [9.17, 15) is 0 Å². The molecule has 0 aromatic heterocycles. The van der Waals surface area contributed by atoms with Crippen LogP contribution in [0.1, 0.15) is 40.5 Å². The van der Waals surface area contributed by atoms with Crippen molar-refractivity contribution in [3.8, 4) is 0 Å². The first-order valence-corrected chi connectivity index (χ1v) is 5.17. The lowest BCUT2D eigenvalue weighted by atomic mass is 9.86. The van der Waals surface area contributed by atoms with Gasteiger partial charge in [-0.1, -0.05) is 34.1 Å². The molecule has 0 heteroatoms. The van der Waals surface area contributed by atoms with Gasteiger partial charge in [0.15, 0.2) is 0 Å². The maximum atomic E-state index is 2.44. The van der Waals surface area contributed by atoms with E-state index in [0.717, 1.165) is 29.1 Å². The Bertz CT molecular complexity index is 171. The van der Waals surface area contributed by atoms with Crippen molar-refractivity contribution in [1.29, 1.82) is 0 Å². The molecule has 0 aromatic carbocycles. The fourth-order valence-corrected chi connectivity index (χ4v) is 3.83. The van der Waals surface area contributed by atoms with Crippen molar-refractivity contribution in [2.45, 2.75) is 40.5 Å². The molecule has 0 bridgehead atoms. The minimum Gasteiger partial charge on any atom is -0.0654 e. The summed E-state index contributed by atoms with van der Waals surface area (Å²) in [6.07, 6.45) is 2.88. The highest BCUT2D eigenvalue weighted by atomic mass is 14.9. The Kier molecular flexibility index (Phi) is 1.41. The van der Waals surface area contributed by atoms with E-state index in [1.54, 1.807) is 0 Å². The highest BCUT2D eigenvalue weighted by Crippen LogP contribution is 2.87. The van der Waals surface area contributed by atoms with Gasteiger partial charge < -0.3 is 0 Å². The van der Waals surface area contributed by atoms with Crippen molar-refractivity contribution in [3.63, 3.8) is 0 Å². The molecule has 0 aliphatic heterocycles. The monoisotopic (exact) mass is 152 g/mol. The summed E-state index contributed by atoms with van der Waals surface area (Å²) in [5.41, 5.74) is 0.843. The average molecular weight is 152 g/mol. The van der Waals surface area contributed by atoms with Gasteiger partial charge in [0.2, 0.25) is 0 Å². The zero-order valence-electron chi connectivity index (χ0n) is 8.22. The van der Waals surface area contributed by atoms with Crippen molar-refractivity contribution in [1.82, 2.24) is 0 Å². The van der Waals surface area contributed by atoms with Crippen LogP contribution in [0.3, 0.4) is 0 Å². The van der Waals surface area contributed by atoms with Crippen molar-refractivity contribution in [2.24, 2.45) is 29.1 Å². The molecule has 2 aliphatic rings. The topological polar surface area (TPSA) is 0 Å². The summed E-state index contributed by atoms with van der Waals surface area (Å²) >= 11 is 0. The Hall–Kier alpha value is 0. The minimum absolute atomic E-state index is 0.843. The normalized spacial score (nSPS) is 52.6. The summed E-state index contributed by atoms with van der Waals surface area (Å²) in [5.74, 6) is 4.28. The van der Waals surface area contributed by atoms with Gasteiger partial charge in [0, 0.05) is 0 Å². The second-order valence-electron chi connectivity index (χ2n) is 4.86. The SMILES string of the molecule is CCCC1C2C(C)C12C(C)C. The van der Waals surface area contributed by atoms with Crippen molar-refractivity contribution < 1.29 is 0 Å². The lowest BCUT2D eigenvalue weighted by molar-refractivity contribution is 0.299. The molecular formula is C11H20. The van der Waals surface area contributed by atoms with Gasteiger partial charge in [0.1, 0.15) is 0 Å². The van der Waals surface area contributed by atoms with Gasteiger partial charge in [0.25, 0.3) is 0 Å². The molecule has 0 saturated heterocycles. The fourth-order valence-electron chi connectivity index (χ4n) is 3.83. The predicted octanol–water partition coefficient (Wildman–Crippen LogP) is 3.32. The molecule has 64 valence electrons. The third-order valence-electron chi connectivity index (χ3n) is 4.36. The third-order valence-corrected chi connectivity index (χ3v) is 4.36. The lowest BCUT2D eigenvalue weighted by Gasteiger charge is -2.18. The highest BCUT2D eigenvalue weighted by molar-refractivity contribution is 5.30. The molecule has 0 N–H and O–H groups in total. The van der Waals surface area contributed by atoms with Crippen LogP contribution < -0.4 is 0 Å². The molecule has 4 atom stereocenters. The molecule has 11 heavy (non-hydrogen) atoms. The molecule has 0 amide bonds. The first kappa shape index (κ1) is 7.64. The van der Waals surface area contributed by atoms with Gasteiger partial charge >= 0.3 is 0 Å². The average Bonchev–Trinajstić information content (AvgIpc) is 2.76. The van der Waals surface area contributed by atoms with E-state index in [1.807, 2.05) is 0 Å². The molecule has 2 rings (SSSR count). The van der Waals surface area contributed by atoms with E-state index in [2.05, 4.69) is 27.7 Å². The summed E-state index contributed by atoms with van der Waals surface area (Å²) in [6, 6.07) is 0. The van der Waals surface area contributed by atoms with Crippen LogP contribution in [0.2, 0.25) is 0 Å². The maximum Gasteiger partial charge on any atom is -0.0181 e. The number of rotatable bonds is 3. The summed E-state index contributed by atoms with van der Waals surface area (Å²) in [6.45, 7) is 9.57. The van der Waals surface area contributed by atoms with Crippen LogP contribution >= 0.6 is 0 Å². The van der Waals surface area contributed by atoms with Crippen LogP contribution in [0, 0.1) is 29.1 Å². The van der Waals surface area contributed by atoms with Gasteiger partial charge in [0.05, 0.1) is 0 Å². The van der Waals surface area contributed by atoms with E-state index in [-0.39, 0.29) is 0 Å². The third kappa shape index (κ3) is 0.666. The highest BCUT2D eigenvalue weighted by Gasteiger charge is 2.83. The molecule has 0 nitrogen and oxygen atoms in total. The van der Waals surface area contributed by atoms with Crippen molar-refractivity contribution in [2.75, 3.05) is 0 Å². The van der Waals surface area contributed by atoms with E-state index in [1.165, 1.54) is 12.8 Å². The zero-order valence-corrected chi connectivity index (χ0v) is 8.22. The van der Waals surface area contributed by atoms with Crippen molar-refractivity contribution >= 4 is 0 Å². The molecule has 2 fully saturated rings. The molecule has 4 unspecified atom stereocenters. The number of fused-ring (bicyclic) bond motifs is 1. The molecule has 0 radical (unpaired) electrons. The van der Waals surface area contributed by atoms with E-state index in [0.29, 0.717) is 0 Å². The summed E-state index contributed by atoms with van der Waals surface area (Å²) in [7, 11) is 0. The van der Waals surface area contributed by atoms with E-state index in [4.69, 9.17) is 0 Å². The summed E-state index contributed by atoms with van der Waals surface area (Å²) < 4.78 is 0. The lowest BCUT2D eigenvalue weighted by Crippen LogP contribution is -2.12. The standard InChI is InChI=1S/C11H20/c1-5-6-9-10-8(4)11(9,10)7(2)3/h7-10H,5-6H2,1-4H3. The predicted molar refractivity (Wildman–Crippen MR) is 48.3 cm³/mol. The fraction of sp³-hybridized carbons (Fsp3) is 1.00. The molecular weight excluding hydrogens is 132 g/mol. The zero-order chi connectivity index (χ0) is 8.22. The van der Waals surface area contributed by atoms with Crippen LogP contribution in [0.25, 0.3) is 0 Å². The van der Waals surface area contributed by atoms with E-state index >= 15 is 0 Å². The molecule has 2 aliphatic carbocycles. The molecule has 0 heterocycles. The molecule has 0 aromatic rings. The molecule has 0 spiro atoms. The summed E-state index contributed by atoms with van der Waals surface area (Å²) in [5, 5.41) is 0. The second kappa shape index (κ2) is 2.02. The van der Waals surface area contributed by atoms with Crippen LogP contribution in [-0.4, -0.2) is 0 Å². The van der Waals surface area contributed by atoms with Gasteiger partial charge in [-0.05, 0) is 35.5 Å². The number of hydrogen-bond donors (Lipinski definition) is 0. The van der Waals surface area contributed by atoms with E-state index < -0.39 is 0 Å². The maximum absolute atomic E-state index is 2.44. The first-order valence-electron chi connectivity index (χ1n) is 5.17. The quantitative estimate of drug-likeness (QED) is 0.582. The van der Waals surface area contributed by atoms with Crippen LogP contribution in [0.5, 0.6) is 0 Å². The Morgan fingerprint density at radius 2 is 2.00 bits per heavy atom. The molecule has 2 saturated carbocycles. The smallest absolute Gasteiger partial charge is 0.0181 e. The largest absolute Gasteiger partial charge is 0.0654 e. The van der Waals surface area contributed by atoms with Crippen LogP contribution in [-0.2, 0) is 0 Å². The minimum atomic E-state index is 0.843. The van der Waals surface area contributed by atoms with Gasteiger partial charge in [-0.3, -0.25) is 0 Å². The number of hydrogen-bond acceptors (Lipinski definition) is 0. The Labute approximate surface area is 70.4 Å². The van der Waals surface area contributed by atoms with Crippen molar-refractivity contribution in [3.05, 3.63) is 0 Å². The first-order chi connectivity index (χ1) is 5.17. The van der Waals surface area contributed by atoms with Gasteiger partial charge in [-0.2, -0.15) is 0 Å². The Morgan fingerprint density at radius 3 is 2.27 bits per heavy atom. The van der Waals surface area contributed by atoms with Crippen LogP contribution in [0.4, 0.5) is 0 Å². The Morgan fingerprint density at radius 1 is 1.36 bits per heavy atom. The van der Waals surface area contributed by atoms with Gasteiger partial charge in [-0.25, -0.2) is 0 Å².